The van der Waals surface area contributed by atoms with Gasteiger partial charge in [-0.2, -0.15) is 0 Å². The lowest BCUT2D eigenvalue weighted by atomic mass is 10.1. The van der Waals surface area contributed by atoms with Crippen LogP contribution in [0.4, 0.5) is 5.95 Å². The molecule has 5 heteroatoms. The summed E-state index contributed by atoms with van der Waals surface area (Å²) in [7, 11) is 0. The Morgan fingerprint density at radius 1 is 1.09 bits per heavy atom. The largest absolute Gasteiger partial charge is 0.341 e. The van der Waals surface area contributed by atoms with Crippen LogP contribution in [0.3, 0.4) is 0 Å². The Kier molecular flexibility index (Phi) is 5.49. The zero-order valence-corrected chi connectivity index (χ0v) is 14.9. The molecule has 2 aliphatic rings. The molecule has 0 unspecified atom stereocenters. The van der Waals surface area contributed by atoms with E-state index in [1.54, 1.807) is 0 Å². The molecular formula is C18H31N5. The highest BCUT2D eigenvalue weighted by atomic mass is 15.3. The van der Waals surface area contributed by atoms with E-state index in [1.807, 2.05) is 12.4 Å². The number of hydrogen-bond donors (Lipinski definition) is 0. The van der Waals surface area contributed by atoms with Crippen molar-refractivity contribution in [2.75, 3.05) is 37.6 Å². The van der Waals surface area contributed by atoms with Crippen molar-refractivity contribution < 1.29 is 0 Å². The molecule has 0 bridgehead atoms. The second-order valence-electron chi connectivity index (χ2n) is 7.21. The first-order valence-corrected chi connectivity index (χ1v) is 9.21. The van der Waals surface area contributed by atoms with E-state index in [9.17, 15) is 0 Å². The molecule has 0 spiro atoms. The Hall–Kier alpha value is -1.20. The van der Waals surface area contributed by atoms with Crippen molar-refractivity contribution in [1.29, 1.82) is 0 Å². The van der Waals surface area contributed by atoms with Gasteiger partial charge in [-0.1, -0.05) is 6.92 Å². The van der Waals surface area contributed by atoms with Crippen LogP contribution in [0, 0.1) is 0 Å². The Bertz CT molecular complexity index is 481. The number of nitrogens with zero attached hydrogens (tertiary/aromatic N) is 5. The van der Waals surface area contributed by atoms with Crippen molar-refractivity contribution in [2.24, 2.45) is 0 Å². The molecule has 1 aromatic heterocycles. The molecule has 2 aliphatic heterocycles. The predicted molar refractivity (Wildman–Crippen MR) is 94.7 cm³/mol. The number of hydrogen-bond acceptors (Lipinski definition) is 5. The standard InChI is InChI=1S/C18H31N5/c1-4-17-14-21(9-10-23(17)15(2)3)13-16-11-19-18(20-12-16)22-7-5-6-8-22/h11-12,15,17H,4-10,13-14H2,1-3H3/t17-/m0/s1. The molecule has 0 aliphatic carbocycles. The molecule has 0 amide bonds. The van der Waals surface area contributed by atoms with Gasteiger partial charge in [0.15, 0.2) is 0 Å². The first-order chi connectivity index (χ1) is 11.2. The van der Waals surface area contributed by atoms with Gasteiger partial charge in [-0.05, 0) is 33.1 Å². The van der Waals surface area contributed by atoms with Crippen molar-refractivity contribution in [1.82, 2.24) is 19.8 Å². The van der Waals surface area contributed by atoms with Crippen LogP contribution in [-0.4, -0.2) is 64.6 Å². The van der Waals surface area contributed by atoms with Crippen molar-refractivity contribution in [3.63, 3.8) is 0 Å². The molecule has 3 heterocycles. The Morgan fingerprint density at radius 2 is 1.78 bits per heavy atom. The second-order valence-corrected chi connectivity index (χ2v) is 7.21. The molecule has 0 saturated carbocycles. The highest BCUT2D eigenvalue weighted by Gasteiger charge is 2.27. The maximum atomic E-state index is 4.59. The van der Waals surface area contributed by atoms with Gasteiger partial charge in [0.05, 0.1) is 0 Å². The van der Waals surface area contributed by atoms with Crippen LogP contribution in [-0.2, 0) is 6.54 Å². The van der Waals surface area contributed by atoms with Crippen molar-refractivity contribution in [3.8, 4) is 0 Å². The Balaban J connectivity index is 1.57. The van der Waals surface area contributed by atoms with E-state index in [-0.39, 0.29) is 0 Å². The van der Waals surface area contributed by atoms with Crippen LogP contribution in [0.25, 0.3) is 0 Å². The number of aromatic nitrogens is 2. The summed E-state index contributed by atoms with van der Waals surface area (Å²) < 4.78 is 0. The Labute approximate surface area is 140 Å². The third-order valence-corrected chi connectivity index (χ3v) is 5.23. The lowest BCUT2D eigenvalue weighted by Gasteiger charge is -2.43. The van der Waals surface area contributed by atoms with Gasteiger partial charge in [-0.3, -0.25) is 9.80 Å². The molecule has 0 radical (unpaired) electrons. The summed E-state index contributed by atoms with van der Waals surface area (Å²) in [6.45, 7) is 13.6. The zero-order chi connectivity index (χ0) is 16.2. The van der Waals surface area contributed by atoms with Crippen LogP contribution in [0.1, 0.15) is 45.6 Å². The predicted octanol–water partition coefficient (Wildman–Crippen LogP) is 2.38. The smallest absolute Gasteiger partial charge is 0.225 e. The summed E-state index contributed by atoms with van der Waals surface area (Å²) in [6.07, 6.45) is 7.80. The first kappa shape index (κ1) is 16.7. The SMILES string of the molecule is CC[C@H]1CN(Cc2cnc(N3CCCC3)nc2)CCN1C(C)C. The summed E-state index contributed by atoms with van der Waals surface area (Å²) in [5, 5.41) is 0. The monoisotopic (exact) mass is 317 g/mol. The molecule has 0 N–H and O–H groups in total. The molecule has 1 atom stereocenters. The summed E-state index contributed by atoms with van der Waals surface area (Å²) in [5.74, 6) is 0.905. The third kappa shape index (κ3) is 4.01. The molecular weight excluding hydrogens is 286 g/mol. The van der Waals surface area contributed by atoms with Gasteiger partial charge in [0.1, 0.15) is 0 Å². The van der Waals surface area contributed by atoms with E-state index < -0.39 is 0 Å². The van der Waals surface area contributed by atoms with E-state index in [2.05, 4.69) is 45.4 Å². The maximum Gasteiger partial charge on any atom is 0.225 e. The molecule has 2 saturated heterocycles. The van der Waals surface area contributed by atoms with Gasteiger partial charge >= 0.3 is 0 Å². The first-order valence-electron chi connectivity index (χ1n) is 9.21. The van der Waals surface area contributed by atoms with E-state index >= 15 is 0 Å². The molecule has 128 valence electrons. The van der Waals surface area contributed by atoms with Crippen LogP contribution in [0.15, 0.2) is 12.4 Å². The molecule has 2 fully saturated rings. The minimum atomic E-state index is 0.644. The van der Waals surface area contributed by atoms with Crippen LogP contribution in [0.5, 0.6) is 0 Å². The fourth-order valence-corrected chi connectivity index (χ4v) is 3.89. The van der Waals surface area contributed by atoms with E-state index in [0.717, 1.165) is 38.7 Å². The molecule has 5 nitrogen and oxygen atoms in total. The van der Waals surface area contributed by atoms with E-state index in [1.165, 1.54) is 31.4 Å². The topological polar surface area (TPSA) is 35.5 Å². The summed E-state index contributed by atoms with van der Waals surface area (Å²) in [6, 6.07) is 1.32. The zero-order valence-electron chi connectivity index (χ0n) is 14.9. The van der Waals surface area contributed by atoms with Crippen LogP contribution >= 0.6 is 0 Å². The lowest BCUT2D eigenvalue weighted by Crippen LogP contribution is -2.54. The van der Waals surface area contributed by atoms with Crippen LogP contribution < -0.4 is 4.90 Å². The van der Waals surface area contributed by atoms with Crippen LogP contribution in [0.2, 0.25) is 0 Å². The molecule has 23 heavy (non-hydrogen) atoms. The summed E-state index contributed by atoms with van der Waals surface area (Å²) in [5.41, 5.74) is 1.24. The molecule has 0 aromatic carbocycles. The summed E-state index contributed by atoms with van der Waals surface area (Å²) >= 11 is 0. The number of anilines is 1. The minimum absolute atomic E-state index is 0.644. The van der Waals surface area contributed by atoms with Crippen molar-refractivity contribution >= 4 is 5.95 Å². The molecule has 1 aromatic rings. The van der Waals surface area contributed by atoms with Gasteiger partial charge in [0, 0.05) is 69.3 Å². The fourth-order valence-electron chi connectivity index (χ4n) is 3.89. The average Bonchev–Trinajstić information content (AvgIpc) is 3.09. The highest BCUT2D eigenvalue weighted by molar-refractivity contribution is 5.30. The van der Waals surface area contributed by atoms with E-state index in [4.69, 9.17) is 0 Å². The fraction of sp³-hybridized carbons (Fsp3) is 0.778. The van der Waals surface area contributed by atoms with Gasteiger partial charge in [-0.15, -0.1) is 0 Å². The van der Waals surface area contributed by atoms with Gasteiger partial charge in [0.25, 0.3) is 0 Å². The molecule has 3 rings (SSSR count). The van der Waals surface area contributed by atoms with Gasteiger partial charge < -0.3 is 4.90 Å². The highest BCUT2D eigenvalue weighted by Crippen LogP contribution is 2.19. The quantitative estimate of drug-likeness (QED) is 0.833. The average molecular weight is 317 g/mol. The Morgan fingerprint density at radius 3 is 2.39 bits per heavy atom. The van der Waals surface area contributed by atoms with Crippen molar-refractivity contribution in [3.05, 3.63) is 18.0 Å². The minimum Gasteiger partial charge on any atom is -0.341 e. The number of piperazine rings is 1. The maximum absolute atomic E-state index is 4.59. The van der Waals surface area contributed by atoms with Gasteiger partial charge in [0.2, 0.25) is 5.95 Å². The third-order valence-electron chi connectivity index (χ3n) is 5.23. The summed E-state index contributed by atoms with van der Waals surface area (Å²) in [4.78, 5) is 16.7. The normalized spacial score (nSPS) is 23.8. The van der Waals surface area contributed by atoms with Crippen molar-refractivity contribution in [2.45, 2.75) is 58.7 Å². The second kappa shape index (κ2) is 7.58. The van der Waals surface area contributed by atoms with Gasteiger partial charge in [-0.25, -0.2) is 9.97 Å². The number of rotatable bonds is 5. The van der Waals surface area contributed by atoms with E-state index in [0.29, 0.717) is 12.1 Å². The lowest BCUT2D eigenvalue weighted by molar-refractivity contribution is 0.0456.